The highest BCUT2D eigenvalue weighted by Gasteiger charge is 2.20. The molecule has 0 spiro atoms. The van der Waals surface area contributed by atoms with E-state index in [2.05, 4.69) is 0 Å². The van der Waals surface area contributed by atoms with Crippen LogP contribution < -0.4 is 0 Å². The molecule has 0 bridgehead atoms. The Bertz CT molecular complexity index is 227. The van der Waals surface area contributed by atoms with Crippen LogP contribution in [0.1, 0.15) is 48.0 Å². The van der Waals surface area contributed by atoms with Crippen LogP contribution in [0.25, 0.3) is 0 Å². The largest absolute Gasteiger partial charge is 0.457 e. The van der Waals surface area contributed by atoms with Crippen molar-refractivity contribution in [3.8, 4) is 0 Å². The zero-order valence-electron chi connectivity index (χ0n) is 11.0. The van der Waals surface area contributed by atoms with Crippen LogP contribution in [0, 0.1) is 5.41 Å². The second kappa shape index (κ2) is 5.32. The second-order valence-electron chi connectivity index (χ2n) is 5.98. The van der Waals surface area contributed by atoms with Crippen LogP contribution >= 0.6 is 0 Å². The number of hydrogen-bond donors (Lipinski definition) is 0. The van der Waals surface area contributed by atoms with E-state index in [0.29, 0.717) is 0 Å². The molecule has 0 heterocycles. The lowest BCUT2D eigenvalue weighted by Crippen LogP contribution is -2.28. The Kier molecular flexibility index (Phi) is 4.97. The van der Waals surface area contributed by atoms with Gasteiger partial charge in [0.05, 0.1) is 6.42 Å². The summed E-state index contributed by atoms with van der Waals surface area (Å²) in [6, 6.07) is 0. The molecule has 0 aromatic carbocycles. The van der Waals surface area contributed by atoms with Crippen molar-refractivity contribution in [1.29, 1.82) is 0 Å². The molecule has 0 aromatic heterocycles. The predicted molar refractivity (Wildman–Crippen MR) is 60.9 cm³/mol. The molecule has 0 radical (unpaired) electrons. The molecular formula is C12H22O4. The van der Waals surface area contributed by atoms with Gasteiger partial charge in [-0.15, -0.1) is 0 Å². The highest BCUT2D eigenvalue weighted by atomic mass is 16.6. The third-order valence-electron chi connectivity index (χ3n) is 1.45. The molecule has 0 rings (SSSR count). The molecule has 0 aliphatic rings. The summed E-state index contributed by atoms with van der Waals surface area (Å²) in [7, 11) is 0. The summed E-state index contributed by atoms with van der Waals surface area (Å²) in [5, 5.41) is 0. The minimum atomic E-state index is -0.548. The fourth-order valence-electron chi connectivity index (χ4n) is 0.994. The summed E-state index contributed by atoms with van der Waals surface area (Å²) in [5.74, 6) is -0.895. The van der Waals surface area contributed by atoms with Crippen molar-refractivity contribution in [3.05, 3.63) is 0 Å². The first-order valence-corrected chi connectivity index (χ1v) is 5.37. The first-order chi connectivity index (χ1) is 6.99. The van der Waals surface area contributed by atoms with Gasteiger partial charge in [0.15, 0.2) is 6.61 Å². The molecule has 94 valence electrons. The number of hydrogen-bond acceptors (Lipinski definition) is 4. The molecule has 0 unspecified atom stereocenters. The molecule has 0 aromatic rings. The van der Waals surface area contributed by atoms with Gasteiger partial charge in [-0.1, -0.05) is 20.8 Å². The van der Waals surface area contributed by atoms with E-state index in [4.69, 9.17) is 9.47 Å². The number of carbonyl (C=O) groups excluding carboxylic acids is 2. The van der Waals surface area contributed by atoms with E-state index >= 15 is 0 Å². The maximum absolute atomic E-state index is 11.3. The van der Waals surface area contributed by atoms with Crippen molar-refractivity contribution in [2.75, 3.05) is 6.61 Å². The number of carbonyl (C=O) groups is 2. The Morgan fingerprint density at radius 2 is 1.44 bits per heavy atom. The van der Waals surface area contributed by atoms with Crippen LogP contribution in [0.4, 0.5) is 0 Å². The fourth-order valence-corrected chi connectivity index (χ4v) is 0.994. The summed E-state index contributed by atoms with van der Waals surface area (Å²) in [5.41, 5.74) is -0.682. The number of ether oxygens (including phenoxy) is 2. The minimum absolute atomic E-state index is 0.134. The smallest absolute Gasteiger partial charge is 0.344 e. The Morgan fingerprint density at radius 3 is 1.81 bits per heavy atom. The normalized spacial score (nSPS) is 12.1. The van der Waals surface area contributed by atoms with Gasteiger partial charge < -0.3 is 9.47 Å². The summed E-state index contributed by atoms with van der Waals surface area (Å²) in [4.78, 5) is 22.5. The van der Waals surface area contributed by atoms with Crippen molar-refractivity contribution in [1.82, 2.24) is 0 Å². The topological polar surface area (TPSA) is 52.6 Å². The Hall–Kier alpha value is -1.06. The van der Waals surface area contributed by atoms with E-state index in [1.165, 1.54) is 0 Å². The first-order valence-electron chi connectivity index (χ1n) is 5.37. The summed E-state index contributed by atoms with van der Waals surface area (Å²) in [6.45, 7) is 10.8. The molecule has 0 atom stereocenters. The van der Waals surface area contributed by atoms with Crippen molar-refractivity contribution < 1.29 is 19.1 Å². The van der Waals surface area contributed by atoms with Crippen LogP contribution in [-0.2, 0) is 19.1 Å². The molecule has 0 N–H and O–H groups in total. The van der Waals surface area contributed by atoms with E-state index in [0.717, 1.165) is 0 Å². The van der Waals surface area contributed by atoms with E-state index < -0.39 is 11.6 Å². The fraction of sp³-hybridized carbons (Fsp3) is 0.833. The van der Waals surface area contributed by atoms with Gasteiger partial charge in [-0.2, -0.15) is 0 Å². The molecule has 4 heteroatoms. The van der Waals surface area contributed by atoms with Gasteiger partial charge in [-0.05, 0) is 26.2 Å². The summed E-state index contributed by atoms with van der Waals surface area (Å²) >= 11 is 0. The molecule has 4 nitrogen and oxygen atoms in total. The maximum atomic E-state index is 11.3. The maximum Gasteiger partial charge on any atom is 0.344 e. The highest BCUT2D eigenvalue weighted by Crippen LogP contribution is 2.18. The highest BCUT2D eigenvalue weighted by molar-refractivity contribution is 5.76. The third kappa shape index (κ3) is 9.49. The van der Waals surface area contributed by atoms with Crippen molar-refractivity contribution in [2.24, 2.45) is 5.41 Å². The van der Waals surface area contributed by atoms with E-state index in [1.807, 2.05) is 20.8 Å². The summed E-state index contributed by atoms with van der Waals surface area (Å²) in [6.07, 6.45) is 0.287. The summed E-state index contributed by atoms with van der Waals surface area (Å²) < 4.78 is 9.81. The van der Waals surface area contributed by atoms with Crippen LogP contribution in [-0.4, -0.2) is 24.1 Å². The minimum Gasteiger partial charge on any atom is -0.457 e. The monoisotopic (exact) mass is 230 g/mol. The van der Waals surface area contributed by atoms with Crippen molar-refractivity contribution in [2.45, 2.75) is 53.6 Å². The van der Waals surface area contributed by atoms with Gasteiger partial charge in [0.2, 0.25) is 0 Å². The molecule has 16 heavy (non-hydrogen) atoms. The van der Waals surface area contributed by atoms with Crippen LogP contribution in [0.15, 0.2) is 0 Å². The van der Waals surface area contributed by atoms with Gasteiger partial charge >= 0.3 is 11.9 Å². The van der Waals surface area contributed by atoms with E-state index in [9.17, 15) is 9.59 Å². The molecule has 0 aliphatic carbocycles. The van der Waals surface area contributed by atoms with Gasteiger partial charge in [0.1, 0.15) is 5.60 Å². The SMILES string of the molecule is CC(C)(C)CC(=O)OCC(=O)OC(C)(C)C. The van der Waals surface area contributed by atoms with Gasteiger partial charge in [0, 0.05) is 0 Å². The quantitative estimate of drug-likeness (QED) is 0.698. The van der Waals surface area contributed by atoms with Gasteiger partial charge in [-0.3, -0.25) is 4.79 Å². The van der Waals surface area contributed by atoms with Crippen molar-refractivity contribution in [3.63, 3.8) is 0 Å². The predicted octanol–water partition coefficient (Wildman–Crippen LogP) is 2.31. The van der Waals surface area contributed by atoms with Crippen LogP contribution in [0.3, 0.4) is 0 Å². The molecule has 0 saturated heterocycles. The first kappa shape index (κ1) is 14.9. The molecular weight excluding hydrogens is 208 g/mol. The number of rotatable bonds is 3. The van der Waals surface area contributed by atoms with Gasteiger partial charge in [-0.25, -0.2) is 4.79 Å². The second-order valence-corrected chi connectivity index (χ2v) is 5.98. The zero-order valence-corrected chi connectivity index (χ0v) is 11.0. The standard InChI is InChI=1S/C12H22O4/c1-11(2,3)7-9(13)15-8-10(14)16-12(4,5)6/h7-8H2,1-6H3. The lowest BCUT2D eigenvalue weighted by atomic mass is 9.93. The average molecular weight is 230 g/mol. The molecule has 0 aliphatic heterocycles. The van der Waals surface area contributed by atoms with Crippen LogP contribution in [0.5, 0.6) is 0 Å². The number of esters is 2. The Balaban J connectivity index is 3.90. The van der Waals surface area contributed by atoms with Gasteiger partial charge in [0.25, 0.3) is 0 Å². The van der Waals surface area contributed by atoms with E-state index in [1.54, 1.807) is 20.8 Å². The third-order valence-corrected chi connectivity index (χ3v) is 1.45. The Morgan fingerprint density at radius 1 is 0.938 bits per heavy atom. The molecule has 0 amide bonds. The molecule has 0 saturated carbocycles. The average Bonchev–Trinajstić information content (AvgIpc) is 1.94. The lowest BCUT2D eigenvalue weighted by molar-refractivity contribution is -0.167. The van der Waals surface area contributed by atoms with E-state index in [-0.39, 0.29) is 24.4 Å². The lowest BCUT2D eigenvalue weighted by Gasteiger charge is -2.20. The molecule has 0 fully saturated rings. The Labute approximate surface area is 97.3 Å². The van der Waals surface area contributed by atoms with Crippen molar-refractivity contribution >= 4 is 11.9 Å². The van der Waals surface area contributed by atoms with Crippen LogP contribution in [0.2, 0.25) is 0 Å². The zero-order chi connectivity index (χ0) is 13.0.